The molecule has 1 N–H and O–H groups in total. The van der Waals surface area contributed by atoms with Crippen molar-refractivity contribution in [1.29, 1.82) is 0 Å². The van der Waals surface area contributed by atoms with Gasteiger partial charge in [-0.1, -0.05) is 13.8 Å². The van der Waals surface area contributed by atoms with Crippen LogP contribution in [-0.4, -0.2) is 59.5 Å². The van der Waals surface area contributed by atoms with Gasteiger partial charge in [0.05, 0.1) is 5.92 Å². The van der Waals surface area contributed by atoms with E-state index in [0.717, 1.165) is 51.9 Å². The topological polar surface area (TPSA) is 60.9 Å². The lowest BCUT2D eigenvalue weighted by molar-refractivity contribution is -0.145. The molecule has 0 radical (unpaired) electrons. The van der Waals surface area contributed by atoms with E-state index >= 15 is 0 Å². The Morgan fingerprint density at radius 2 is 1.86 bits per heavy atom. The highest BCUT2D eigenvalue weighted by molar-refractivity contribution is 5.78. The third-order valence-corrected chi connectivity index (χ3v) is 4.07. The molecule has 1 atom stereocenters. The molecule has 0 saturated carbocycles. The number of piperidine rings is 1. The number of hydrogen-bond acceptors (Lipinski definition) is 3. The fraction of sp³-hybridized carbons (Fsp3) is 0.875. The minimum absolute atomic E-state index is 0.119. The van der Waals surface area contributed by atoms with Crippen molar-refractivity contribution in [3.8, 4) is 0 Å². The molecule has 1 aliphatic rings. The van der Waals surface area contributed by atoms with Crippen LogP contribution >= 0.6 is 0 Å². The number of aliphatic carboxylic acids is 1. The summed E-state index contributed by atoms with van der Waals surface area (Å²) in [6.45, 7) is 8.60. The maximum absolute atomic E-state index is 12.2. The van der Waals surface area contributed by atoms with E-state index in [4.69, 9.17) is 5.11 Å². The number of carboxylic acids is 1. The second-order valence-corrected chi connectivity index (χ2v) is 5.96. The fourth-order valence-electron chi connectivity index (χ4n) is 2.99. The summed E-state index contributed by atoms with van der Waals surface area (Å²) in [6.07, 6.45) is 5.18. The minimum Gasteiger partial charge on any atom is -0.481 e. The summed E-state index contributed by atoms with van der Waals surface area (Å²) in [5.41, 5.74) is 0. The summed E-state index contributed by atoms with van der Waals surface area (Å²) < 4.78 is 0. The first-order valence-electron chi connectivity index (χ1n) is 8.31. The summed E-state index contributed by atoms with van der Waals surface area (Å²) in [6, 6.07) is 0. The van der Waals surface area contributed by atoms with Crippen molar-refractivity contribution in [2.24, 2.45) is 5.92 Å². The lowest BCUT2D eigenvalue weighted by Gasteiger charge is -2.31. The molecule has 5 heteroatoms. The monoisotopic (exact) mass is 298 g/mol. The molecule has 21 heavy (non-hydrogen) atoms. The maximum Gasteiger partial charge on any atom is 0.308 e. The quantitative estimate of drug-likeness (QED) is 0.709. The van der Waals surface area contributed by atoms with E-state index in [9.17, 15) is 9.59 Å². The largest absolute Gasteiger partial charge is 0.481 e. The molecule has 1 rings (SSSR count). The molecule has 1 aliphatic heterocycles. The summed E-state index contributed by atoms with van der Waals surface area (Å²) in [4.78, 5) is 27.4. The summed E-state index contributed by atoms with van der Waals surface area (Å²) in [7, 11) is 0. The van der Waals surface area contributed by atoms with Crippen molar-refractivity contribution < 1.29 is 14.7 Å². The first kappa shape index (κ1) is 18.0. The van der Waals surface area contributed by atoms with Gasteiger partial charge in [-0.15, -0.1) is 0 Å². The van der Waals surface area contributed by atoms with Gasteiger partial charge in [-0.3, -0.25) is 9.59 Å². The van der Waals surface area contributed by atoms with Gasteiger partial charge in [-0.25, -0.2) is 0 Å². The van der Waals surface area contributed by atoms with Crippen LogP contribution in [0, 0.1) is 5.92 Å². The van der Waals surface area contributed by atoms with Crippen molar-refractivity contribution in [3.63, 3.8) is 0 Å². The van der Waals surface area contributed by atoms with Crippen LogP contribution in [0.25, 0.3) is 0 Å². The van der Waals surface area contributed by atoms with E-state index < -0.39 is 5.97 Å². The Balaban J connectivity index is 2.30. The number of carboxylic acid groups (broad SMARTS) is 1. The van der Waals surface area contributed by atoms with E-state index in [2.05, 4.69) is 18.7 Å². The molecular weight excluding hydrogens is 268 g/mol. The summed E-state index contributed by atoms with van der Waals surface area (Å²) >= 11 is 0. The second-order valence-electron chi connectivity index (χ2n) is 5.96. The third-order valence-electron chi connectivity index (χ3n) is 4.07. The lowest BCUT2D eigenvalue weighted by atomic mass is 9.98. The maximum atomic E-state index is 12.2. The first-order valence-corrected chi connectivity index (χ1v) is 8.31. The molecule has 1 saturated heterocycles. The van der Waals surface area contributed by atoms with E-state index in [1.807, 2.05) is 0 Å². The van der Waals surface area contributed by atoms with Crippen LogP contribution in [0.4, 0.5) is 0 Å². The van der Waals surface area contributed by atoms with Crippen molar-refractivity contribution in [1.82, 2.24) is 9.80 Å². The van der Waals surface area contributed by atoms with Crippen molar-refractivity contribution >= 4 is 11.9 Å². The number of amides is 1. The van der Waals surface area contributed by atoms with Crippen molar-refractivity contribution in [2.75, 3.05) is 32.7 Å². The average molecular weight is 298 g/mol. The number of rotatable bonds is 9. The van der Waals surface area contributed by atoms with Gasteiger partial charge in [0.15, 0.2) is 0 Å². The van der Waals surface area contributed by atoms with Crippen LogP contribution in [0.15, 0.2) is 0 Å². The smallest absolute Gasteiger partial charge is 0.308 e. The Labute approximate surface area is 128 Å². The van der Waals surface area contributed by atoms with Gasteiger partial charge in [0.2, 0.25) is 5.91 Å². The highest BCUT2D eigenvalue weighted by Crippen LogP contribution is 2.17. The predicted molar refractivity (Wildman–Crippen MR) is 83.2 cm³/mol. The van der Waals surface area contributed by atoms with Crippen LogP contribution in [0.1, 0.15) is 52.4 Å². The third kappa shape index (κ3) is 6.46. The van der Waals surface area contributed by atoms with Gasteiger partial charge in [0, 0.05) is 19.5 Å². The molecule has 1 heterocycles. The molecule has 0 aromatic carbocycles. The van der Waals surface area contributed by atoms with Crippen LogP contribution in [-0.2, 0) is 9.59 Å². The van der Waals surface area contributed by atoms with Gasteiger partial charge in [0.1, 0.15) is 0 Å². The highest BCUT2D eigenvalue weighted by atomic mass is 16.4. The van der Waals surface area contributed by atoms with E-state index in [0.29, 0.717) is 19.4 Å². The summed E-state index contributed by atoms with van der Waals surface area (Å²) in [5, 5.41) is 9.06. The number of carbonyl (C=O) groups is 2. The molecule has 0 aromatic rings. The molecule has 0 bridgehead atoms. The Morgan fingerprint density at radius 1 is 1.19 bits per heavy atom. The molecule has 5 nitrogen and oxygen atoms in total. The van der Waals surface area contributed by atoms with Gasteiger partial charge in [0.25, 0.3) is 0 Å². The van der Waals surface area contributed by atoms with Gasteiger partial charge in [-0.2, -0.15) is 0 Å². The molecule has 0 aromatic heterocycles. The summed E-state index contributed by atoms with van der Waals surface area (Å²) in [5.74, 6) is -1.03. The Kier molecular flexibility index (Phi) is 8.35. The number of hydrogen-bond donors (Lipinski definition) is 1. The van der Waals surface area contributed by atoms with E-state index in [1.54, 1.807) is 4.90 Å². The number of likely N-dealkylation sites (tertiary alicyclic amines) is 1. The zero-order valence-electron chi connectivity index (χ0n) is 13.5. The van der Waals surface area contributed by atoms with Gasteiger partial charge in [-0.05, 0) is 51.7 Å². The highest BCUT2D eigenvalue weighted by Gasteiger charge is 2.27. The minimum atomic E-state index is -0.774. The molecule has 1 fully saturated rings. The molecule has 0 aliphatic carbocycles. The van der Waals surface area contributed by atoms with E-state index in [1.165, 1.54) is 0 Å². The number of nitrogens with zero attached hydrogens (tertiary/aromatic N) is 2. The van der Waals surface area contributed by atoms with Crippen LogP contribution < -0.4 is 0 Å². The fourth-order valence-corrected chi connectivity index (χ4v) is 2.99. The molecule has 122 valence electrons. The normalized spacial score (nSPS) is 19.0. The molecular formula is C16H30N2O3. The van der Waals surface area contributed by atoms with Gasteiger partial charge >= 0.3 is 5.97 Å². The van der Waals surface area contributed by atoms with Gasteiger partial charge < -0.3 is 14.9 Å². The Hall–Kier alpha value is -1.10. The predicted octanol–water partition coefficient (Wildman–Crippen LogP) is 2.21. The average Bonchev–Trinajstić information content (AvgIpc) is 2.47. The second kappa shape index (κ2) is 9.77. The zero-order chi connectivity index (χ0) is 15.7. The SMILES string of the molecule is CCCN(CCC)CCCC(=O)N1CCCC(C(=O)O)C1. The lowest BCUT2D eigenvalue weighted by Crippen LogP contribution is -2.42. The molecule has 1 unspecified atom stereocenters. The first-order chi connectivity index (χ1) is 10.1. The Bertz CT molecular complexity index is 327. The van der Waals surface area contributed by atoms with Crippen molar-refractivity contribution in [3.05, 3.63) is 0 Å². The molecule has 1 amide bonds. The van der Waals surface area contributed by atoms with Crippen LogP contribution in [0.3, 0.4) is 0 Å². The number of carbonyl (C=O) groups excluding carboxylic acids is 1. The Morgan fingerprint density at radius 3 is 2.43 bits per heavy atom. The van der Waals surface area contributed by atoms with E-state index in [-0.39, 0.29) is 11.8 Å². The van der Waals surface area contributed by atoms with Crippen LogP contribution in [0.5, 0.6) is 0 Å². The standard InChI is InChI=1S/C16H30N2O3/c1-3-9-17(10-4-2)11-6-8-15(19)18-12-5-7-14(13-18)16(20)21/h14H,3-13H2,1-2H3,(H,20,21). The van der Waals surface area contributed by atoms with Crippen LogP contribution in [0.2, 0.25) is 0 Å². The molecule has 0 spiro atoms. The zero-order valence-corrected chi connectivity index (χ0v) is 13.5. The van der Waals surface area contributed by atoms with Crippen molar-refractivity contribution in [2.45, 2.75) is 52.4 Å².